The molecule has 0 bridgehead atoms. The topological polar surface area (TPSA) is 66.8 Å². The Labute approximate surface area is 123 Å². The van der Waals surface area contributed by atoms with Crippen LogP contribution >= 0.6 is 0 Å². The summed E-state index contributed by atoms with van der Waals surface area (Å²) in [6.07, 6.45) is 2.01. The highest BCUT2D eigenvalue weighted by Crippen LogP contribution is 2.35. The SMILES string of the molecule is CC1(C(=O)N2CC(C(=O)O)Cc3ccccc32)CCCO1. The van der Waals surface area contributed by atoms with Crippen LogP contribution in [-0.2, 0) is 20.7 Å². The van der Waals surface area contributed by atoms with Gasteiger partial charge < -0.3 is 14.7 Å². The van der Waals surface area contributed by atoms with Gasteiger partial charge in [-0.05, 0) is 37.8 Å². The lowest BCUT2D eigenvalue weighted by Gasteiger charge is -2.37. The summed E-state index contributed by atoms with van der Waals surface area (Å²) < 4.78 is 5.63. The lowest BCUT2D eigenvalue weighted by molar-refractivity contribution is -0.142. The molecule has 5 nitrogen and oxygen atoms in total. The average molecular weight is 289 g/mol. The lowest BCUT2D eigenvalue weighted by Crippen LogP contribution is -2.51. The van der Waals surface area contributed by atoms with Gasteiger partial charge >= 0.3 is 5.97 Å². The molecule has 112 valence electrons. The van der Waals surface area contributed by atoms with E-state index < -0.39 is 17.5 Å². The standard InChI is InChI=1S/C16H19NO4/c1-16(7-4-8-21-16)15(20)17-10-12(14(18)19)9-11-5-2-3-6-13(11)17/h2-3,5-6,12H,4,7-10H2,1H3,(H,18,19). The van der Waals surface area contributed by atoms with Crippen molar-refractivity contribution in [1.82, 2.24) is 0 Å². The first-order valence-corrected chi connectivity index (χ1v) is 7.28. The van der Waals surface area contributed by atoms with Crippen LogP contribution in [0.5, 0.6) is 0 Å². The van der Waals surface area contributed by atoms with Gasteiger partial charge in [0.1, 0.15) is 5.60 Å². The lowest BCUT2D eigenvalue weighted by atomic mass is 9.90. The summed E-state index contributed by atoms with van der Waals surface area (Å²) >= 11 is 0. The Hall–Kier alpha value is -1.88. The molecule has 2 unspecified atom stereocenters. The second kappa shape index (κ2) is 5.15. The summed E-state index contributed by atoms with van der Waals surface area (Å²) in [5, 5.41) is 9.32. The zero-order chi connectivity index (χ0) is 15.0. The van der Waals surface area contributed by atoms with Gasteiger partial charge in [0, 0.05) is 18.8 Å². The minimum atomic E-state index is -0.861. The first kappa shape index (κ1) is 14.1. The number of carboxylic acids is 1. The molecule has 1 amide bonds. The highest BCUT2D eigenvalue weighted by Gasteiger charge is 2.43. The van der Waals surface area contributed by atoms with E-state index in [1.54, 1.807) is 11.8 Å². The van der Waals surface area contributed by atoms with E-state index in [1.165, 1.54) is 0 Å². The highest BCUT2D eigenvalue weighted by molar-refractivity contribution is 6.01. The minimum Gasteiger partial charge on any atom is -0.481 e. The molecule has 3 rings (SSSR count). The van der Waals surface area contributed by atoms with E-state index >= 15 is 0 Å². The maximum Gasteiger partial charge on any atom is 0.308 e. The molecule has 2 aliphatic rings. The van der Waals surface area contributed by atoms with Crippen LogP contribution in [0.3, 0.4) is 0 Å². The molecular formula is C16H19NO4. The van der Waals surface area contributed by atoms with Gasteiger partial charge in [0.2, 0.25) is 0 Å². The molecule has 2 heterocycles. The van der Waals surface area contributed by atoms with Crippen LogP contribution in [-0.4, -0.2) is 35.7 Å². The number of carbonyl (C=O) groups is 2. The number of hydrogen-bond donors (Lipinski definition) is 1. The van der Waals surface area contributed by atoms with Crippen LogP contribution in [0.4, 0.5) is 5.69 Å². The number of amides is 1. The number of para-hydroxylation sites is 1. The third kappa shape index (κ3) is 2.42. The van der Waals surface area contributed by atoms with Crippen LogP contribution < -0.4 is 4.90 Å². The summed E-state index contributed by atoms with van der Waals surface area (Å²) in [7, 11) is 0. The molecule has 0 saturated carbocycles. The van der Waals surface area contributed by atoms with E-state index in [0.29, 0.717) is 19.4 Å². The normalized spacial score (nSPS) is 28.2. The molecule has 5 heteroatoms. The molecule has 1 saturated heterocycles. The Bertz CT molecular complexity index is 577. The number of aliphatic carboxylic acids is 1. The van der Waals surface area contributed by atoms with Crippen LogP contribution in [0.25, 0.3) is 0 Å². The van der Waals surface area contributed by atoms with Gasteiger partial charge in [0.25, 0.3) is 5.91 Å². The van der Waals surface area contributed by atoms with E-state index in [4.69, 9.17) is 4.74 Å². The predicted octanol–water partition coefficient (Wildman–Crippen LogP) is 1.85. The number of rotatable bonds is 2. The number of hydrogen-bond acceptors (Lipinski definition) is 3. The Kier molecular flexibility index (Phi) is 3.45. The first-order valence-electron chi connectivity index (χ1n) is 7.28. The first-order chi connectivity index (χ1) is 10.0. The average Bonchev–Trinajstić information content (AvgIpc) is 2.93. The van der Waals surface area contributed by atoms with Crippen LogP contribution in [0.1, 0.15) is 25.3 Å². The fourth-order valence-electron chi connectivity index (χ4n) is 3.19. The van der Waals surface area contributed by atoms with Gasteiger partial charge in [-0.2, -0.15) is 0 Å². The summed E-state index contributed by atoms with van der Waals surface area (Å²) in [5.74, 6) is -1.55. The van der Waals surface area contributed by atoms with Gasteiger partial charge in [-0.15, -0.1) is 0 Å². The zero-order valence-corrected chi connectivity index (χ0v) is 12.0. The second-order valence-corrected chi connectivity index (χ2v) is 5.97. The van der Waals surface area contributed by atoms with E-state index in [0.717, 1.165) is 17.7 Å². The highest BCUT2D eigenvalue weighted by atomic mass is 16.5. The smallest absolute Gasteiger partial charge is 0.308 e. The van der Waals surface area contributed by atoms with Crippen LogP contribution in [0.2, 0.25) is 0 Å². The molecule has 0 aliphatic carbocycles. The van der Waals surface area contributed by atoms with Gasteiger partial charge in [-0.25, -0.2) is 0 Å². The van der Waals surface area contributed by atoms with E-state index in [-0.39, 0.29) is 12.5 Å². The molecule has 2 atom stereocenters. The molecule has 1 fully saturated rings. The van der Waals surface area contributed by atoms with Gasteiger partial charge in [0.15, 0.2) is 0 Å². The fraction of sp³-hybridized carbons (Fsp3) is 0.500. The molecular weight excluding hydrogens is 270 g/mol. The van der Waals surface area contributed by atoms with Gasteiger partial charge in [-0.1, -0.05) is 18.2 Å². The largest absolute Gasteiger partial charge is 0.481 e. The summed E-state index contributed by atoms with van der Waals surface area (Å²) in [4.78, 5) is 25.8. The number of anilines is 1. The van der Waals surface area contributed by atoms with Crippen molar-refractivity contribution in [3.63, 3.8) is 0 Å². The Morgan fingerprint density at radius 2 is 2.14 bits per heavy atom. The van der Waals surface area contributed by atoms with Crippen molar-refractivity contribution < 1.29 is 19.4 Å². The number of carbonyl (C=O) groups excluding carboxylic acids is 1. The Morgan fingerprint density at radius 3 is 2.81 bits per heavy atom. The number of fused-ring (bicyclic) bond motifs is 1. The Balaban J connectivity index is 1.96. The van der Waals surface area contributed by atoms with Crippen molar-refractivity contribution in [2.24, 2.45) is 5.92 Å². The number of benzene rings is 1. The van der Waals surface area contributed by atoms with E-state index in [1.807, 2.05) is 24.3 Å². The van der Waals surface area contributed by atoms with Crippen LogP contribution in [0.15, 0.2) is 24.3 Å². The van der Waals surface area contributed by atoms with Crippen LogP contribution in [0, 0.1) is 5.92 Å². The predicted molar refractivity (Wildman–Crippen MR) is 77.2 cm³/mol. The van der Waals surface area contributed by atoms with Crippen molar-refractivity contribution >= 4 is 17.6 Å². The third-order valence-electron chi connectivity index (χ3n) is 4.42. The van der Waals surface area contributed by atoms with Gasteiger partial charge in [-0.3, -0.25) is 9.59 Å². The quantitative estimate of drug-likeness (QED) is 0.902. The second-order valence-electron chi connectivity index (χ2n) is 5.97. The van der Waals surface area contributed by atoms with Crippen molar-refractivity contribution in [2.45, 2.75) is 31.8 Å². The maximum atomic E-state index is 12.9. The molecule has 0 spiro atoms. The minimum absolute atomic E-state index is 0.126. The van der Waals surface area contributed by atoms with Crippen molar-refractivity contribution in [1.29, 1.82) is 0 Å². The zero-order valence-electron chi connectivity index (χ0n) is 12.0. The summed E-state index contributed by atoms with van der Waals surface area (Å²) in [6.45, 7) is 2.60. The van der Waals surface area contributed by atoms with Crippen molar-refractivity contribution in [2.75, 3.05) is 18.1 Å². The monoisotopic (exact) mass is 289 g/mol. The van der Waals surface area contributed by atoms with E-state index in [2.05, 4.69) is 0 Å². The molecule has 2 aliphatic heterocycles. The molecule has 1 aromatic rings. The molecule has 1 N–H and O–H groups in total. The molecule has 21 heavy (non-hydrogen) atoms. The van der Waals surface area contributed by atoms with Crippen molar-refractivity contribution in [3.8, 4) is 0 Å². The number of carboxylic acid groups (broad SMARTS) is 1. The number of nitrogens with zero attached hydrogens (tertiary/aromatic N) is 1. The van der Waals surface area contributed by atoms with E-state index in [9.17, 15) is 14.7 Å². The molecule has 0 aromatic heterocycles. The maximum absolute atomic E-state index is 12.9. The summed E-state index contributed by atoms with van der Waals surface area (Å²) in [5.41, 5.74) is 0.899. The van der Waals surface area contributed by atoms with Gasteiger partial charge in [0.05, 0.1) is 5.92 Å². The molecule has 1 aromatic carbocycles. The summed E-state index contributed by atoms with van der Waals surface area (Å²) in [6, 6.07) is 7.52. The number of ether oxygens (including phenoxy) is 1. The Morgan fingerprint density at radius 1 is 1.38 bits per heavy atom. The van der Waals surface area contributed by atoms with Crippen molar-refractivity contribution in [3.05, 3.63) is 29.8 Å². The fourth-order valence-corrected chi connectivity index (χ4v) is 3.19. The third-order valence-corrected chi connectivity index (χ3v) is 4.42. The molecule has 0 radical (unpaired) electrons.